The van der Waals surface area contributed by atoms with E-state index in [9.17, 15) is 14.0 Å². The Kier molecular flexibility index (Phi) is 4.13. The summed E-state index contributed by atoms with van der Waals surface area (Å²) >= 11 is 0. The van der Waals surface area contributed by atoms with Crippen LogP contribution in [0.3, 0.4) is 0 Å². The number of aryl methyl sites for hydroxylation is 1. The van der Waals surface area contributed by atoms with Gasteiger partial charge >= 0.3 is 0 Å². The van der Waals surface area contributed by atoms with Crippen LogP contribution in [0.25, 0.3) is 11.3 Å². The largest absolute Gasteiger partial charge is 0.366 e. The lowest BCUT2D eigenvalue weighted by molar-refractivity contribution is -0.117. The van der Waals surface area contributed by atoms with Crippen molar-refractivity contribution in [3.63, 3.8) is 0 Å². The molecule has 170 valence electrons. The van der Waals surface area contributed by atoms with E-state index in [1.165, 1.54) is 6.07 Å². The third-order valence-electron chi connectivity index (χ3n) is 5.70. The molecular weight excluding hydrogens is 429 g/mol. The Morgan fingerprint density at radius 1 is 1.21 bits per heavy atom. The Hall–Kier alpha value is -4.09. The smallest absolute Gasteiger partial charge is 0.273 e. The first-order chi connectivity index (χ1) is 17.0. The Morgan fingerprint density at radius 2 is 2.03 bits per heavy atom. The SMILES string of the molecule is [2H]C([2H])([2H])NC(=O)c1nnc(NC(=O)[C@H]2C[C@H]2F)cc1Nc1cccc2c1N(C)Cc1c-2nnn1C. The van der Waals surface area contributed by atoms with Gasteiger partial charge in [-0.2, -0.15) is 0 Å². The molecule has 11 nitrogen and oxygen atoms in total. The molecule has 0 unspecified atom stereocenters. The van der Waals surface area contributed by atoms with Gasteiger partial charge < -0.3 is 20.9 Å². The highest BCUT2D eigenvalue weighted by Crippen LogP contribution is 2.43. The zero-order chi connectivity index (χ0) is 25.8. The normalized spacial score (nSPS) is 20.0. The Morgan fingerprint density at radius 3 is 2.79 bits per heavy atom. The molecule has 1 fully saturated rings. The highest BCUT2D eigenvalue weighted by Gasteiger charge is 2.43. The molecule has 12 heteroatoms. The number of carbonyl (C=O) groups is 2. The van der Waals surface area contributed by atoms with Gasteiger partial charge in [-0.05, 0) is 12.5 Å². The molecule has 1 aliphatic heterocycles. The average molecular weight is 454 g/mol. The first kappa shape index (κ1) is 17.5. The second-order valence-electron chi connectivity index (χ2n) is 7.98. The summed E-state index contributed by atoms with van der Waals surface area (Å²) in [7, 11) is 3.70. The summed E-state index contributed by atoms with van der Waals surface area (Å²) < 4.78 is 37.1. The maximum Gasteiger partial charge on any atom is 0.273 e. The Labute approximate surface area is 192 Å². The molecule has 2 aromatic heterocycles. The lowest BCUT2D eigenvalue weighted by Gasteiger charge is -2.29. The molecule has 1 aromatic carbocycles. The van der Waals surface area contributed by atoms with Gasteiger partial charge in [-0.3, -0.25) is 9.59 Å². The first-order valence-corrected chi connectivity index (χ1v) is 10.2. The van der Waals surface area contributed by atoms with Crippen molar-refractivity contribution in [1.29, 1.82) is 0 Å². The highest BCUT2D eigenvalue weighted by molar-refractivity contribution is 6.01. The number of aromatic nitrogens is 5. The van der Waals surface area contributed by atoms with E-state index in [1.54, 1.807) is 16.8 Å². The highest BCUT2D eigenvalue weighted by atomic mass is 19.1. The number of fused-ring (bicyclic) bond motifs is 3. The summed E-state index contributed by atoms with van der Waals surface area (Å²) in [5.74, 6) is -2.29. The van der Waals surface area contributed by atoms with Gasteiger partial charge in [0.25, 0.3) is 5.91 Å². The number of carbonyl (C=O) groups excluding carboxylic acids is 2. The van der Waals surface area contributed by atoms with Gasteiger partial charge in [0, 0.05) is 36.8 Å². The van der Waals surface area contributed by atoms with Crippen molar-refractivity contribution in [1.82, 2.24) is 30.5 Å². The third kappa shape index (κ3) is 3.62. The van der Waals surface area contributed by atoms with Gasteiger partial charge in [-0.1, -0.05) is 17.3 Å². The zero-order valence-electron chi connectivity index (χ0n) is 20.8. The number of rotatable bonds is 5. The predicted octanol–water partition coefficient (Wildman–Crippen LogP) is 1.62. The van der Waals surface area contributed by atoms with Crippen LogP contribution in [0, 0.1) is 5.92 Å². The molecule has 0 bridgehead atoms. The summed E-state index contributed by atoms with van der Waals surface area (Å²) in [6.45, 7) is -2.22. The van der Waals surface area contributed by atoms with Crippen LogP contribution in [0.15, 0.2) is 24.3 Å². The number of anilines is 4. The van der Waals surface area contributed by atoms with Gasteiger partial charge in [0.2, 0.25) is 5.91 Å². The number of benzene rings is 1. The van der Waals surface area contributed by atoms with E-state index >= 15 is 0 Å². The van der Waals surface area contributed by atoms with Crippen LogP contribution < -0.4 is 20.9 Å². The lowest BCUT2D eigenvalue weighted by atomic mass is 10.0. The maximum atomic E-state index is 13.3. The summed E-state index contributed by atoms with van der Waals surface area (Å²) in [5, 5.41) is 23.6. The fraction of sp³-hybridized carbons (Fsp3) is 0.333. The number of alkyl halides is 1. The summed E-state index contributed by atoms with van der Waals surface area (Å²) in [5.41, 5.74) is 3.61. The lowest BCUT2D eigenvalue weighted by Crippen LogP contribution is -2.25. The van der Waals surface area contributed by atoms with E-state index in [4.69, 9.17) is 4.11 Å². The Bertz CT molecular complexity index is 1380. The summed E-state index contributed by atoms with van der Waals surface area (Å²) in [6, 6.07) is 6.82. The van der Waals surface area contributed by atoms with Crippen LogP contribution in [0.2, 0.25) is 0 Å². The minimum absolute atomic E-state index is 0.0126. The van der Waals surface area contributed by atoms with Crippen molar-refractivity contribution in [3.8, 4) is 11.3 Å². The number of hydrogen-bond donors (Lipinski definition) is 3. The van der Waals surface area contributed by atoms with Gasteiger partial charge in [0.15, 0.2) is 11.5 Å². The van der Waals surface area contributed by atoms with E-state index in [2.05, 4.69) is 31.1 Å². The van der Waals surface area contributed by atoms with E-state index in [1.807, 2.05) is 30.4 Å². The van der Waals surface area contributed by atoms with Crippen LogP contribution in [0.4, 0.5) is 27.3 Å². The molecule has 2 aliphatic rings. The fourth-order valence-electron chi connectivity index (χ4n) is 3.89. The van der Waals surface area contributed by atoms with Crippen LogP contribution in [-0.4, -0.2) is 57.2 Å². The quantitative estimate of drug-likeness (QED) is 0.530. The van der Waals surface area contributed by atoms with Crippen molar-refractivity contribution >= 4 is 34.7 Å². The molecule has 33 heavy (non-hydrogen) atoms. The molecule has 2 amide bonds. The van der Waals surface area contributed by atoms with Gasteiger partial charge in [-0.15, -0.1) is 15.3 Å². The monoisotopic (exact) mass is 454 g/mol. The first-order valence-electron chi connectivity index (χ1n) is 11.7. The second kappa shape index (κ2) is 7.80. The molecule has 3 heterocycles. The van der Waals surface area contributed by atoms with E-state index in [-0.39, 0.29) is 23.6 Å². The predicted molar refractivity (Wildman–Crippen MR) is 119 cm³/mol. The number of nitrogens with one attached hydrogen (secondary N) is 3. The standard InChI is InChI=1S/C21H22FN9O2/c1-23-21(33)18-14(8-16(26-27-18)25-20(32)11-7-12(11)22)24-13-6-4-5-10-17-15(31(3)29-28-17)9-30(2)19(10)13/h4-6,8,11-12H,7,9H2,1-3H3,(H,23,33)(H2,24,25,26,32)/t11-,12+/m0/s1/i1D3. The van der Waals surface area contributed by atoms with Crippen molar-refractivity contribution < 1.29 is 18.1 Å². The maximum absolute atomic E-state index is 13.3. The molecule has 3 N–H and O–H groups in total. The van der Waals surface area contributed by atoms with E-state index in [0.717, 1.165) is 22.6 Å². The van der Waals surface area contributed by atoms with Crippen LogP contribution in [0.1, 0.15) is 26.7 Å². The minimum Gasteiger partial charge on any atom is -0.366 e. The van der Waals surface area contributed by atoms with E-state index in [0.29, 0.717) is 12.2 Å². The molecule has 3 aromatic rings. The number of amides is 2. The molecule has 0 radical (unpaired) electrons. The van der Waals surface area contributed by atoms with Crippen molar-refractivity contribution in [2.45, 2.75) is 19.1 Å². The zero-order valence-corrected chi connectivity index (χ0v) is 17.8. The Balaban J connectivity index is 1.53. The van der Waals surface area contributed by atoms with Crippen molar-refractivity contribution in [3.05, 3.63) is 35.7 Å². The third-order valence-corrected chi connectivity index (χ3v) is 5.70. The minimum atomic E-state index is -2.75. The van der Waals surface area contributed by atoms with Gasteiger partial charge in [0.1, 0.15) is 11.9 Å². The van der Waals surface area contributed by atoms with E-state index < -0.39 is 30.9 Å². The van der Waals surface area contributed by atoms with Crippen LogP contribution in [0.5, 0.6) is 0 Å². The van der Waals surface area contributed by atoms with Crippen LogP contribution >= 0.6 is 0 Å². The fourth-order valence-corrected chi connectivity index (χ4v) is 3.89. The molecule has 0 saturated heterocycles. The molecule has 2 atom stereocenters. The number of para-hydroxylation sites is 1. The van der Waals surface area contributed by atoms with Crippen molar-refractivity contribution in [2.75, 3.05) is 29.6 Å². The topological polar surface area (TPSA) is 130 Å². The number of nitrogens with zero attached hydrogens (tertiary/aromatic N) is 6. The summed E-state index contributed by atoms with van der Waals surface area (Å²) in [4.78, 5) is 26.9. The molecule has 0 spiro atoms. The summed E-state index contributed by atoms with van der Waals surface area (Å²) in [6.07, 6.45) is -1.06. The number of hydrogen-bond acceptors (Lipinski definition) is 8. The average Bonchev–Trinajstić information content (AvgIpc) is 3.42. The van der Waals surface area contributed by atoms with Gasteiger partial charge in [-0.25, -0.2) is 9.07 Å². The molecule has 5 rings (SSSR count). The van der Waals surface area contributed by atoms with Crippen molar-refractivity contribution in [2.24, 2.45) is 13.0 Å². The van der Waals surface area contributed by atoms with Gasteiger partial charge in [0.05, 0.1) is 35.2 Å². The molecular formula is C21H22FN9O2. The molecule has 1 aliphatic carbocycles. The van der Waals surface area contributed by atoms with Crippen LogP contribution in [-0.2, 0) is 18.4 Å². The second-order valence-corrected chi connectivity index (χ2v) is 7.98. The number of halogens is 1. The molecule has 1 saturated carbocycles.